The van der Waals surface area contributed by atoms with Crippen molar-refractivity contribution in [2.45, 2.75) is 25.2 Å². The van der Waals surface area contributed by atoms with E-state index >= 15 is 0 Å². The Morgan fingerprint density at radius 3 is 2.72 bits per heavy atom. The summed E-state index contributed by atoms with van der Waals surface area (Å²) in [7, 11) is -2.32. The Labute approximate surface area is 149 Å². The van der Waals surface area contributed by atoms with Crippen molar-refractivity contribution in [1.82, 2.24) is 4.31 Å². The maximum Gasteiger partial charge on any atom is 0.242 e. The minimum absolute atomic E-state index is 0.0517. The average Bonchev–Trinajstić information content (AvgIpc) is 3.06. The van der Waals surface area contributed by atoms with Crippen LogP contribution in [0.4, 0.5) is 4.39 Å². The van der Waals surface area contributed by atoms with Gasteiger partial charge in [-0.1, -0.05) is 13.8 Å². The van der Waals surface area contributed by atoms with Crippen LogP contribution in [0.2, 0.25) is 0 Å². The Bertz CT molecular complexity index is 688. The van der Waals surface area contributed by atoms with Gasteiger partial charge in [0.2, 0.25) is 10.0 Å². The first-order chi connectivity index (χ1) is 11.7. The molecule has 1 heterocycles. The van der Waals surface area contributed by atoms with Gasteiger partial charge < -0.3 is 15.2 Å². The molecule has 1 aromatic carbocycles. The molecule has 0 spiro atoms. The first kappa shape index (κ1) is 20.1. The van der Waals surface area contributed by atoms with Crippen LogP contribution >= 0.6 is 0 Å². The monoisotopic (exact) mass is 374 g/mol. The number of nitrogens with two attached hydrogens (primary N) is 1. The van der Waals surface area contributed by atoms with E-state index in [9.17, 15) is 12.8 Å². The van der Waals surface area contributed by atoms with Crippen molar-refractivity contribution in [1.29, 1.82) is 0 Å². The number of hydrogen-bond acceptors (Lipinski definition) is 5. The number of ether oxygens (including phenoxy) is 2. The second-order valence-corrected chi connectivity index (χ2v) is 9.31. The number of benzene rings is 1. The van der Waals surface area contributed by atoms with Gasteiger partial charge in [-0.2, -0.15) is 0 Å². The molecule has 1 unspecified atom stereocenters. The van der Waals surface area contributed by atoms with Crippen LogP contribution in [0.1, 0.15) is 20.3 Å². The minimum Gasteiger partial charge on any atom is -0.490 e. The molecule has 0 radical (unpaired) electrons. The van der Waals surface area contributed by atoms with E-state index in [4.69, 9.17) is 15.2 Å². The molecule has 1 aliphatic heterocycles. The third kappa shape index (κ3) is 5.13. The molecule has 0 aliphatic carbocycles. The summed E-state index contributed by atoms with van der Waals surface area (Å²) in [5.41, 5.74) is 5.29. The summed E-state index contributed by atoms with van der Waals surface area (Å²) in [5.74, 6) is -0.394. The van der Waals surface area contributed by atoms with E-state index in [2.05, 4.69) is 0 Å². The quantitative estimate of drug-likeness (QED) is 0.751. The molecular weight excluding hydrogens is 347 g/mol. The SMILES string of the molecule is CN(CC(C)(C)CN)S(=O)(=O)c1ccc(OCC2CCOC2)c(F)c1. The summed E-state index contributed by atoms with van der Waals surface area (Å²) in [6.07, 6.45) is 0.885. The second-order valence-electron chi connectivity index (χ2n) is 7.26. The van der Waals surface area contributed by atoms with Crippen molar-refractivity contribution in [3.8, 4) is 5.75 Å². The van der Waals surface area contributed by atoms with Gasteiger partial charge in [0.15, 0.2) is 11.6 Å². The molecular formula is C17H27FN2O4S. The molecule has 1 aromatic rings. The third-order valence-electron chi connectivity index (χ3n) is 4.31. The largest absolute Gasteiger partial charge is 0.490 e. The minimum atomic E-state index is -3.79. The molecule has 1 aliphatic rings. The van der Waals surface area contributed by atoms with Crippen LogP contribution in [-0.2, 0) is 14.8 Å². The molecule has 0 amide bonds. The van der Waals surface area contributed by atoms with E-state index < -0.39 is 15.8 Å². The molecule has 142 valence electrons. The summed E-state index contributed by atoms with van der Waals surface area (Å²) in [6.45, 7) is 6.00. The van der Waals surface area contributed by atoms with Crippen LogP contribution in [0.3, 0.4) is 0 Å². The fraction of sp³-hybridized carbons (Fsp3) is 0.647. The summed E-state index contributed by atoms with van der Waals surface area (Å²) in [6, 6.07) is 3.73. The Morgan fingerprint density at radius 2 is 2.16 bits per heavy atom. The van der Waals surface area contributed by atoms with Crippen LogP contribution in [0.5, 0.6) is 5.75 Å². The molecule has 2 N–H and O–H groups in total. The number of sulfonamides is 1. The van der Waals surface area contributed by atoms with Crippen LogP contribution in [0.25, 0.3) is 0 Å². The predicted octanol–water partition coefficient (Wildman–Crippen LogP) is 1.85. The van der Waals surface area contributed by atoms with Gasteiger partial charge in [0.05, 0.1) is 18.1 Å². The van der Waals surface area contributed by atoms with E-state index in [0.717, 1.165) is 12.5 Å². The van der Waals surface area contributed by atoms with Crippen molar-refractivity contribution in [2.24, 2.45) is 17.1 Å². The van der Waals surface area contributed by atoms with Gasteiger partial charge in [0.25, 0.3) is 0 Å². The van der Waals surface area contributed by atoms with Crippen LogP contribution in [-0.4, -0.2) is 52.7 Å². The molecule has 1 fully saturated rings. The smallest absolute Gasteiger partial charge is 0.242 e. The van der Waals surface area contributed by atoms with Gasteiger partial charge in [-0.15, -0.1) is 0 Å². The van der Waals surface area contributed by atoms with Gasteiger partial charge in [0, 0.05) is 26.1 Å². The maximum atomic E-state index is 14.3. The Balaban J connectivity index is 2.09. The molecule has 6 nitrogen and oxygen atoms in total. The summed E-state index contributed by atoms with van der Waals surface area (Å²) >= 11 is 0. The van der Waals surface area contributed by atoms with Gasteiger partial charge >= 0.3 is 0 Å². The molecule has 1 saturated heterocycles. The fourth-order valence-corrected chi connectivity index (χ4v) is 3.99. The highest BCUT2D eigenvalue weighted by Gasteiger charge is 2.28. The van der Waals surface area contributed by atoms with Gasteiger partial charge in [0.1, 0.15) is 0 Å². The Kier molecular flexibility index (Phi) is 6.42. The first-order valence-electron chi connectivity index (χ1n) is 8.32. The summed E-state index contributed by atoms with van der Waals surface area (Å²) in [4.78, 5) is -0.100. The standard InChI is InChI=1S/C17H27FN2O4S/c1-17(2,11-19)12-20(3)25(21,22)14-4-5-16(15(18)8-14)24-10-13-6-7-23-9-13/h4-5,8,13H,6-7,9-12,19H2,1-3H3. The van der Waals surface area contributed by atoms with Crippen molar-refractivity contribution in [3.05, 3.63) is 24.0 Å². The first-order valence-corrected chi connectivity index (χ1v) is 9.76. The van der Waals surface area contributed by atoms with Crippen molar-refractivity contribution in [3.63, 3.8) is 0 Å². The van der Waals surface area contributed by atoms with E-state index in [-0.39, 0.29) is 28.5 Å². The lowest BCUT2D eigenvalue weighted by Crippen LogP contribution is -2.39. The molecule has 8 heteroatoms. The van der Waals surface area contributed by atoms with Gasteiger partial charge in [-0.25, -0.2) is 17.1 Å². The number of rotatable bonds is 8. The zero-order valence-corrected chi connectivity index (χ0v) is 15.8. The zero-order valence-electron chi connectivity index (χ0n) is 15.0. The average molecular weight is 374 g/mol. The topological polar surface area (TPSA) is 81.9 Å². The van der Waals surface area contributed by atoms with E-state index in [1.807, 2.05) is 13.8 Å². The van der Waals surface area contributed by atoms with Crippen LogP contribution < -0.4 is 10.5 Å². The van der Waals surface area contributed by atoms with Gasteiger partial charge in [-0.3, -0.25) is 0 Å². The van der Waals surface area contributed by atoms with Crippen LogP contribution in [0.15, 0.2) is 23.1 Å². The molecule has 0 saturated carbocycles. The third-order valence-corrected chi connectivity index (χ3v) is 6.11. The summed E-state index contributed by atoms with van der Waals surface area (Å²) in [5, 5.41) is 0. The normalized spacial score (nSPS) is 18.7. The lowest BCUT2D eigenvalue weighted by Gasteiger charge is -2.28. The lowest BCUT2D eigenvalue weighted by molar-refractivity contribution is 0.165. The van der Waals surface area contributed by atoms with Crippen molar-refractivity contribution in [2.75, 3.05) is 40.0 Å². The highest BCUT2D eigenvalue weighted by molar-refractivity contribution is 7.89. The molecule has 25 heavy (non-hydrogen) atoms. The highest BCUT2D eigenvalue weighted by Crippen LogP contribution is 2.26. The van der Waals surface area contributed by atoms with E-state index in [0.29, 0.717) is 26.4 Å². The number of nitrogens with zero attached hydrogens (tertiary/aromatic N) is 1. The Hall–Kier alpha value is -1.22. The van der Waals surface area contributed by atoms with Crippen molar-refractivity contribution < 1.29 is 22.3 Å². The molecule has 0 aromatic heterocycles. The molecule has 2 rings (SSSR count). The zero-order chi connectivity index (χ0) is 18.7. The van der Waals surface area contributed by atoms with E-state index in [1.165, 1.54) is 23.5 Å². The van der Waals surface area contributed by atoms with Gasteiger partial charge in [-0.05, 0) is 36.6 Å². The lowest BCUT2D eigenvalue weighted by atomic mass is 9.94. The highest BCUT2D eigenvalue weighted by atomic mass is 32.2. The van der Waals surface area contributed by atoms with E-state index in [1.54, 1.807) is 0 Å². The fourth-order valence-electron chi connectivity index (χ4n) is 2.61. The molecule has 0 bridgehead atoms. The summed E-state index contributed by atoms with van der Waals surface area (Å²) < 4.78 is 51.4. The van der Waals surface area contributed by atoms with Crippen molar-refractivity contribution >= 4 is 10.0 Å². The molecule has 1 atom stereocenters. The number of hydrogen-bond donors (Lipinski definition) is 1. The number of halogens is 1. The second kappa shape index (κ2) is 7.99. The Morgan fingerprint density at radius 1 is 1.44 bits per heavy atom. The predicted molar refractivity (Wildman–Crippen MR) is 93.5 cm³/mol. The maximum absolute atomic E-state index is 14.3. The van der Waals surface area contributed by atoms with Crippen LogP contribution in [0, 0.1) is 17.2 Å².